The minimum atomic E-state index is -0.460. The zero-order valence-electron chi connectivity index (χ0n) is 16.7. The molecule has 6 heteroatoms. The summed E-state index contributed by atoms with van der Waals surface area (Å²) in [6.45, 7) is 5.74. The summed E-state index contributed by atoms with van der Waals surface area (Å²) in [4.78, 5) is 37.9. The molecule has 28 heavy (non-hydrogen) atoms. The molecule has 0 aliphatic rings. The number of rotatable bonds is 7. The molecule has 2 aromatic carbocycles. The van der Waals surface area contributed by atoms with Gasteiger partial charge in [-0.15, -0.1) is 0 Å². The van der Waals surface area contributed by atoms with Crippen LogP contribution in [0, 0.1) is 12.8 Å². The second-order valence-electron chi connectivity index (χ2n) is 6.86. The SMILES string of the molecule is COC(=O)C(C)CN(Cc1ccc(C)cc1)C(=O)c1cccc(NC(C)=O)c1. The lowest BCUT2D eigenvalue weighted by Crippen LogP contribution is -2.37. The number of hydrogen-bond acceptors (Lipinski definition) is 4. The van der Waals surface area contributed by atoms with Gasteiger partial charge in [-0.05, 0) is 30.7 Å². The average Bonchev–Trinajstić information content (AvgIpc) is 2.67. The molecule has 0 bridgehead atoms. The summed E-state index contributed by atoms with van der Waals surface area (Å²) in [6, 6.07) is 14.7. The van der Waals surface area contributed by atoms with E-state index in [1.807, 2.05) is 31.2 Å². The van der Waals surface area contributed by atoms with E-state index in [-0.39, 0.29) is 24.3 Å². The summed E-state index contributed by atoms with van der Waals surface area (Å²) in [5.41, 5.74) is 3.09. The first-order valence-electron chi connectivity index (χ1n) is 9.10. The molecule has 1 N–H and O–H groups in total. The quantitative estimate of drug-likeness (QED) is 0.745. The lowest BCUT2D eigenvalue weighted by Gasteiger charge is -2.25. The number of amides is 2. The van der Waals surface area contributed by atoms with Gasteiger partial charge in [-0.2, -0.15) is 0 Å². The Bertz CT molecular complexity index is 846. The maximum absolute atomic E-state index is 13.2. The number of ether oxygens (including phenoxy) is 1. The van der Waals surface area contributed by atoms with E-state index in [9.17, 15) is 14.4 Å². The van der Waals surface area contributed by atoms with Crippen LogP contribution in [-0.4, -0.2) is 36.3 Å². The molecule has 6 nitrogen and oxygen atoms in total. The number of nitrogens with one attached hydrogen (secondary N) is 1. The van der Waals surface area contributed by atoms with E-state index < -0.39 is 5.92 Å². The number of benzene rings is 2. The molecule has 0 saturated carbocycles. The second kappa shape index (κ2) is 9.69. The van der Waals surface area contributed by atoms with Crippen LogP contribution in [0.1, 0.15) is 35.3 Å². The molecule has 2 aromatic rings. The zero-order valence-corrected chi connectivity index (χ0v) is 16.7. The summed E-state index contributed by atoms with van der Waals surface area (Å²) in [7, 11) is 1.34. The summed E-state index contributed by atoms with van der Waals surface area (Å²) in [5, 5.41) is 2.68. The van der Waals surface area contributed by atoms with Gasteiger partial charge in [0.05, 0.1) is 13.0 Å². The summed E-state index contributed by atoms with van der Waals surface area (Å²) < 4.78 is 4.80. The van der Waals surface area contributed by atoms with Crippen molar-refractivity contribution in [2.75, 3.05) is 19.0 Å². The Morgan fingerprint density at radius 1 is 1.11 bits per heavy atom. The standard InChI is InChI=1S/C22H26N2O4/c1-15-8-10-18(11-9-15)14-24(13-16(2)22(27)28-4)21(26)19-6-5-7-20(12-19)23-17(3)25/h5-12,16H,13-14H2,1-4H3,(H,23,25). The number of nitrogens with zero attached hydrogens (tertiary/aromatic N) is 1. The van der Waals surface area contributed by atoms with Crippen molar-refractivity contribution in [3.8, 4) is 0 Å². The number of carbonyl (C=O) groups excluding carboxylic acids is 3. The van der Waals surface area contributed by atoms with E-state index in [2.05, 4.69) is 5.32 Å². The van der Waals surface area contributed by atoms with E-state index in [1.54, 1.807) is 36.1 Å². The van der Waals surface area contributed by atoms with Crippen molar-refractivity contribution >= 4 is 23.5 Å². The molecule has 1 unspecified atom stereocenters. The largest absolute Gasteiger partial charge is 0.469 e. The van der Waals surface area contributed by atoms with Gasteiger partial charge in [-0.25, -0.2) is 0 Å². The first-order valence-corrected chi connectivity index (χ1v) is 9.10. The molecular formula is C22H26N2O4. The molecule has 0 fully saturated rings. The second-order valence-corrected chi connectivity index (χ2v) is 6.86. The Kier molecular flexibility index (Phi) is 7.32. The summed E-state index contributed by atoms with van der Waals surface area (Å²) in [5.74, 6) is -1.25. The third-order valence-corrected chi connectivity index (χ3v) is 4.31. The van der Waals surface area contributed by atoms with E-state index in [1.165, 1.54) is 14.0 Å². The first-order chi connectivity index (χ1) is 13.3. The smallest absolute Gasteiger partial charge is 0.310 e. The fraction of sp³-hybridized carbons (Fsp3) is 0.318. The van der Waals surface area contributed by atoms with E-state index in [4.69, 9.17) is 4.74 Å². The van der Waals surface area contributed by atoms with Gasteiger partial charge in [-0.3, -0.25) is 14.4 Å². The lowest BCUT2D eigenvalue weighted by molar-refractivity contribution is -0.145. The number of hydrogen-bond donors (Lipinski definition) is 1. The Morgan fingerprint density at radius 3 is 2.39 bits per heavy atom. The molecule has 1 atom stereocenters. The topological polar surface area (TPSA) is 75.7 Å². The van der Waals surface area contributed by atoms with Gasteiger partial charge in [0, 0.05) is 31.3 Å². The van der Waals surface area contributed by atoms with Gasteiger partial charge in [0.1, 0.15) is 0 Å². The molecule has 148 valence electrons. The lowest BCUT2D eigenvalue weighted by atomic mass is 10.1. The van der Waals surface area contributed by atoms with Crippen LogP contribution in [-0.2, 0) is 20.9 Å². The van der Waals surface area contributed by atoms with E-state index in [0.717, 1.165) is 11.1 Å². The molecule has 0 aromatic heterocycles. The predicted octanol–water partition coefficient (Wildman–Crippen LogP) is 3.40. The van der Waals surface area contributed by atoms with Crippen LogP contribution in [0.15, 0.2) is 48.5 Å². The van der Waals surface area contributed by atoms with Crippen LogP contribution in [0.3, 0.4) is 0 Å². The predicted molar refractivity (Wildman–Crippen MR) is 108 cm³/mol. The van der Waals surface area contributed by atoms with Crippen molar-refractivity contribution in [3.63, 3.8) is 0 Å². The minimum Gasteiger partial charge on any atom is -0.469 e. The van der Waals surface area contributed by atoms with Gasteiger partial charge < -0.3 is 15.0 Å². The van der Waals surface area contributed by atoms with Crippen LogP contribution in [0.4, 0.5) is 5.69 Å². The third-order valence-electron chi connectivity index (χ3n) is 4.31. The van der Waals surface area contributed by atoms with Crippen molar-refractivity contribution in [1.82, 2.24) is 4.90 Å². The molecule has 0 radical (unpaired) electrons. The Hall–Kier alpha value is -3.15. The maximum atomic E-state index is 13.2. The highest BCUT2D eigenvalue weighted by atomic mass is 16.5. The molecule has 0 aliphatic heterocycles. The molecule has 2 amide bonds. The third kappa shape index (κ3) is 5.94. The minimum absolute atomic E-state index is 0.208. The van der Waals surface area contributed by atoms with E-state index >= 15 is 0 Å². The highest BCUT2D eigenvalue weighted by molar-refractivity contribution is 5.97. The highest BCUT2D eigenvalue weighted by Crippen LogP contribution is 2.17. The molecule has 0 spiro atoms. The normalized spacial score (nSPS) is 11.4. The maximum Gasteiger partial charge on any atom is 0.310 e. The zero-order chi connectivity index (χ0) is 20.7. The van der Waals surface area contributed by atoms with Crippen LogP contribution in [0.25, 0.3) is 0 Å². The van der Waals surface area contributed by atoms with Crippen LogP contribution in [0.2, 0.25) is 0 Å². The van der Waals surface area contributed by atoms with Crippen molar-refractivity contribution in [1.29, 1.82) is 0 Å². The molecule has 2 rings (SSSR count). The van der Waals surface area contributed by atoms with E-state index in [0.29, 0.717) is 17.8 Å². The van der Waals surface area contributed by atoms with Gasteiger partial charge in [0.2, 0.25) is 5.91 Å². The van der Waals surface area contributed by atoms with Crippen molar-refractivity contribution < 1.29 is 19.1 Å². The summed E-state index contributed by atoms with van der Waals surface area (Å²) >= 11 is 0. The Morgan fingerprint density at radius 2 is 1.79 bits per heavy atom. The fourth-order valence-electron chi connectivity index (χ4n) is 2.86. The van der Waals surface area contributed by atoms with Gasteiger partial charge >= 0.3 is 5.97 Å². The highest BCUT2D eigenvalue weighted by Gasteiger charge is 2.23. The number of esters is 1. The van der Waals surface area contributed by atoms with Crippen molar-refractivity contribution in [2.24, 2.45) is 5.92 Å². The van der Waals surface area contributed by atoms with Crippen LogP contribution < -0.4 is 5.32 Å². The number of anilines is 1. The number of aryl methyl sites for hydroxylation is 1. The van der Waals surface area contributed by atoms with Crippen molar-refractivity contribution in [2.45, 2.75) is 27.3 Å². The fourth-order valence-corrected chi connectivity index (χ4v) is 2.86. The number of carbonyl (C=O) groups is 3. The van der Waals surface area contributed by atoms with Gasteiger partial charge in [-0.1, -0.05) is 42.8 Å². The Balaban J connectivity index is 2.28. The monoisotopic (exact) mass is 382 g/mol. The molecule has 0 saturated heterocycles. The van der Waals surface area contributed by atoms with Crippen LogP contribution in [0.5, 0.6) is 0 Å². The van der Waals surface area contributed by atoms with Gasteiger partial charge in [0.25, 0.3) is 5.91 Å². The van der Waals surface area contributed by atoms with Crippen LogP contribution >= 0.6 is 0 Å². The summed E-state index contributed by atoms with van der Waals surface area (Å²) in [6.07, 6.45) is 0. The Labute approximate surface area is 165 Å². The molecule has 0 aliphatic carbocycles. The average molecular weight is 382 g/mol. The van der Waals surface area contributed by atoms with Crippen molar-refractivity contribution in [3.05, 3.63) is 65.2 Å². The first kappa shape index (κ1) is 21.2. The molecule has 0 heterocycles. The molecular weight excluding hydrogens is 356 g/mol. The van der Waals surface area contributed by atoms with Gasteiger partial charge in [0.15, 0.2) is 0 Å². The number of methoxy groups -OCH3 is 1.